The Hall–Kier alpha value is -2.66. The molecule has 0 saturated carbocycles. The Morgan fingerprint density at radius 2 is 1.81 bits per heavy atom. The molecule has 0 aliphatic heterocycles. The van der Waals surface area contributed by atoms with Crippen molar-refractivity contribution in [3.05, 3.63) is 70.6 Å². The standard InChI is InChI=1S/C20H20ClN3O2/c1-14-2-6-16(7-3-14)20-23-19(26-24-20)11-10-18(25)22-13-12-15-4-8-17(21)9-5-15/h2-9H,10-13H2,1H3,(H,22,25). The number of nitrogens with zero attached hydrogens (tertiary/aromatic N) is 2. The van der Waals surface area contributed by atoms with Gasteiger partial charge in [-0.25, -0.2) is 0 Å². The number of hydrogen-bond donors (Lipinski definition) is 1. The topological polar surface area (TPSA) is 68.0 Å². The van der Waals surface area contributed by atoms with Crippen LogP contribution in [0.4, 0.5) is 0 Å². The fourth-order valence-electron chi connectivity index (χ4n) is 2.48. The summed E-state index contributed by atoms with van der Waals surface area (Å²) in [6.07, 6.45) is 1.50. The van der Waals surface area contributed by atoms with Gasteiger partial charge >= 0.3 is 0 Å². The highest BCUT2D eigenvalue weighted by Gasteiger charge is 2.10. The van der Waals surface area contributed by atoms with Crippen molar-refractivity contribution in [2.45, 2.75) is 26.2 Å². The number of aromatic nitrogens is 2. The lowest BCUT2D eigenvalue weighted by molar-refractivity contribution is -0.121. The zero-order valence-corrected chi connectivity index (χ0v) is 15.3. The van der Waals surface area contributed by atoms with E-state index >= 15 is 0 Å². The van der Waals surface area contributed by atoms with Crippen molar-refractivity contribution in [2.24, 2.45) is 0 Å². The predicted octanol–water partition coefficient (Wildman–Crippen LogP) is 3.99. The van der Waals surface area contributed by atoms with Crippen molar-refractivity contribution < 1.29 is 9.32 Å². The third-order valence-electron chi connectivity index (χ3n) is 3.99. The Balaban J connectivity index is 1.43. The van der Waals surface area contributed by atoms with Crippen LogP contribution in [0.3, 0.4) is 0 Å². The van der Waals surface area contributed by atoms with Crippen molar-refractivity contribution >= 4 is 17.5 Å². The van der Waals surface area contributed by atoms with Crippen LogP contribution >= 0.6 is 11.6 Å². The van der Waals surface area contributed by atoms with Gasteiger partial charge in [0.15, 0.2) is 0 Å². The van der Waals surface area contributed by atoms with Gasteiger partial charge in [-0.2, -0.15) is 4.98 Å². The monoisotopic (exact) mass is 369 g/mol. The van der Waals surface area contributed by atoms with Crippen LogP contribution in [-0.4, -0.2) is 22.6 Å². The summed E-state index contributed by atoms with van der Waals surface area (Å²) in [5.41, 5.74) is 3.21. The van der Waals surface area contributed by atoms with E-state index < -0.39 is 0 Å². The Labute approximate surface area is 157 Å². The highest BCUT2D eigenvalue weighted by Crippen LogP contribution is 2.16. The molecule has 0 aliphatic carbocycles. The molecule has 2 aromatic carbocycles. The second-order valence-electron chi connectivity index (χ2n) is 6.10. The molecule has 1 amide bonds. The minimum absolute atomic E-state index is 0.0333. The fourth-order valence-corrected chi connectivity index (χ4v) is 2.61. The maximum Gasteiger partial charge on any atom is 0.227 e. The van der Waals surface area contributed by atoms with E-state index in [1.54, 1.807) is 0 Å². The van der Waals surface area contributed by atoms with E-state index in [4.69, 9.17) is 16.1 Å². The average molecular weight is 370 g/mol. The fraction of sp³-hybridized carbons (Fsp3) is 0.250. The van der Waals surface area contributed by atoms with E-state index in [0.717, 1.165) is 17.5 Å². The number of carbonyl (C=O) groups excluding carboxylic acids is 1. The lowest BCUT2D eigenvalue weighted by Crippen LogP contribution is -2.25. The molecule has 0 fully saturated rings. The molecule has 1 aromatic heterocycles. The van der Waals surface area contributed by atoms with Gasteiger partial charge in [-0.15, -0.1) is 0 Å². The lowest BCUT2D eigenvalue weighted by atomic mass is 10.1. The Kier molecular flexibility index (Phi) is 6.02. The molecule has 0 bridgehead atoms. The van der Waals surface area contributed by atoms with Gasteiger partial charge in [0.1, 0.15) is 0 Å². The molecule has 0 atom stereocenters. The first-order valence-electron chi connectivity index (χ1n) is 8.51. The van der Waals surface area contributed by atoms with Crippen molar-refractivity contribution in [1.82, 2.24) is 15.5 Å². The first-order valence-corrected chi connectivity index (χ1v) is 8.89. The van der Waals surface area contributed by atoms with Crippen molar-refractivity contribution in [3.8, 4) is 11.4 Å². The van der Waals surface area contributed by atoms with Gasteiger partial charge in [0.2, 0.25) is 17.6 Å². The number of nitrogens with one attached hydrogen (secondary N) is 1. The van der Waals surface area contributed by atoms with Crippen LogP contribution in [0.15, 0.2) is 53.1 Å². The van der Waals surface area contributed by atoms with Crippen LogP contribution in [0, 0.1) is 6.92 Å². The molecule has 0 unspecified atom stereocenters. The van der Waals surface area contributed by atoms with E-state index in [9.17, 15) is 4.79 Å². The second kappa shape index (κ2) is 8.63. The van der Waals surface area contributed by atoms with Crippen molar-refractivity contribution in [2.75, 3.05) is 6.54 Å². The summed E-state index contributed by atoms with van der Waals surface area (Å²) in [5.74, 6) is 0.977. The number of hydrogen-bond acceptors (Lipinski definition) is 4. The highest BCUT2D eigenvalue weighted by molar-refractivity contribution is 6.30. The predicted molar refractivity (Wildman–Crippen MR) is 101 cm³/mol. The molecular formula is C20H20ClN3O2. The summed E-state index contributed by atoms with van der Waals surface area (Å²) in [4.78, 5) is 16.3. The Morgan fingerprint density at radius 3 is 2.54 bits per heavy atom. The number of rotatable bonds is 7. The summed E-state index contributed by atoms with van der Waals surface area (Å²) < 4.78 is 5.23. The molecular weight excluding hydrogens is 350 g/mol. The van der Waals surface area contributed by atoms with Crippen LogP contribution in [0.1, 0.15) is 23.4 Å². The number of benzene rings is 2. The summed E-state index contributed by atoms with van der Waals surface area (Å²) in [6, 6.07) is 15.5. The van der Waals surface area contributed by atoms with Crippen molar-refractivity contribution in [1.29, 1.82) is 0 Å². The van der Waals surface area contributed by atoms with Crippen LogP contribution in [0.25, 0.3) is 11.4 Å². The minimum Gasteiger partial charge on any atom is -0.356 e. The molecule has 0 spiro atoms. The molecule has 26 heavy (non-hydrogen) atoms. The first-order chi connectivity index (χ1) is 12.6. The normalized spacial score (nSPS) is 10.7. The molecule has 134 valence electrons. The summed E-state index contributed by atoms with van der Waals surface area (Å²) in [7, 11) is 0. The van der Waals surface area contributed by atoms with Gasteiger partial charge in [0, 0.05) is 30.0 Å². The summed E-state index contributed by atoms with van der Waals surface area (Å²) >= 11 is 5.85. The number of carbonyl (C=O) groups is 1. The van der Waals surface area contributed by atoms with Gasteiger partial charge in [0.05, 0.1) is 0 Å². The largest absolute Gasteiger partial charge is 0.356 e. The van der Waals surface area contributed by atoms with Crippen LogP contribution in [-0.2, 0) is 17.6 Å². The smallest absolute Gasteiger partial charge is 0.227 e. The molecule has 0 saturated heterocycles. The van der Waals surface area contributed by atoms with Crippen LogP contribution in [0.2, 0.25) is 5.02 Å². The summed E-state index contributed by atoms with van der Waals surface area (Å²) in [5, 5.41) is 7.58. The summed E-state index contributed by atoms with van der Waals surface area (Å²) in [6.45, 7) is 2.61. The van der Waals surface area contributed by atoms with E-state index in [0.29, 0.717) is 36.1 Å². The Morgan fingerprint density at radius 1 is 1.08 bits per heavy atom. The van der Waals surface area contributed by atoms with Gasteiger partial charge in [-0.3, -0.25) is 4.79 Å². The van der Waals surface area contributed by atoms with Crippen LogP contribution in [0.5, 0.6) is 0 Å². The first kappa shape index (κ1) is 18.1. The number of halogens is 1. The molecule has 1 heterocycles. The second-order valence-corrected chi connectivity index (χ2v) is 6.54. The van der Waals surface area contributed by atoms with E-state index in [1.807, 2.05) is 55.5 Å². The molecule has 5 nitrogen and oxygen atoms in total. The van der Waals surface area contributed by atoms with Gasteiger partial charge in [0.25, 0.3) is 0 Å². The zero-order chi connectivity index (χ0) is 18.4. The van der Waals surface area contributed by atoms with Gasteiger partial charge in [-0.05, 0) is 31.0 Å². The van der Waals surface area contributed by atoms with Crippen molar-refractivity contribution in [3.63, 3.8) is 0 Å². The quantitative estimate of drug-likeness (QED) is 0.683. The third kappa shape index (κ3) is 5.17. The van der Waals surface area contributed by atoms with E-state index in [2.05, 4.69) is 15.5 Å². The third-order valence-corrected chi connectivity index (χ3v) is 4.24. The molecule has 0 radical (unpaired) electrons. The number of amides is 1. The maximum absolute atomic E-state index is 12.0. The van der Waals surface area contributed by atoms with Crippen LogP contribution < -0.4 is 5.32 Å². The molecule has 0 aliphatic rings. The number of aryl methyl sites for hydroxylation is 2. The minimum atomic E-state index is -0.0333. The molecule has 3 rings (SSSR count). The Bertz CT molecular complexity index is 858. The van der Waals surface area contributed by atoms with Gasteiger partial charge in [-0.1, -0.05) is 58.7 Å². The highest BCUT2D eigenvalue weighted by atomic mass is 35.5. The molecule has 3 aromatic rings. The maximum atomic E-state index is 12.0. The van der Waals surface area contributed by atoms with E-state index in [1.165, 1.54) is 5.56 Å². The zero-order valence-electron chi connectivity index (χ0n) is 14.5. The van der Waals surface area contributed by atoms with E-state index in [-0.39, 0.29) is 5.91 Å². The molecule has 6 heteroatoms. The SMILES string of the molecule is Cc1ccc(-c2noc(CCC(=O)NCCc3ccc(Cl)cc3)n2)cc1. The van der Waals surface area contributed by atoms with Gasteiger partial charge < -0.3 is 9.84 Å². The molecule has 1 N–H and O–H groups in total. The lowest BCUT2D eigenvalue weighted by Gasteiger charge is -2.04. The average Bonchev–Trinajstić information content (AvgIpc) is 3.11.